The van der Waals surface area contributed by atoms with Crippen LogP contribution in [0.3, 0.4) is 0 Å². The fourth-order valence-electron chi connectivity index (χ4n) is 5.33. The summed E-state index contributed by atoms with van der Waals surface area (Å²) < 4.78 is 5.58. The van der Waals surface area contributed by atoms with Crippen LogP contribution in [-0.2, 0) is 16.0 Å². The number of Topliss-reactive ketones (excluding diaryl/α,β-unsaturated/α-hetero) is 1. The van der Waals surface area contributed by atoms with Crippen LogP contribution in [0.5, 0.6) is 5.75 Å². The molecule has 0 bridgehead atoms. The molecule has 0 saturated carbocycles. The Balaban J connectivity index is 1.41. The van der Waals surface area contributed by atoms with Crippen molar-refractivity contribution >= 4 is 28.8 Å². The maximum Gasteiger partial charge on any atom is 0.300 e. The van der Waals surface area contributed by atoms with E-state index in [9.17, 15) is 14.7 Å². The van der Waals surface area contributed by atoms with Gasteiger partial charge in [-0.2, -0.15) is 0 Å². The van der Waals surface area contributed by atoms with Gasteiger partial charge in [-0.05, 0) is 66.7 Å². The molecule has 2 fully saturated rings. The maximum atomic E-state index is 13.4. The summed E-state index contributed by atoms with van der Waals surface area (Å²) in [5.41, 5.74) is 3.83. The van der Waals surface area contributed by atoms with Crippen LogP contribution in [0.15, 0.2) is 72.6 Å². The Morgan fingerprint density at radius 2 is 1.76 bits per heavy atom. The molecule has 0 aliphatic carbocycles. The lowest BCUT2D eigenvalue weighted by molar-refractivity contribution is -0.132. The molecule has 8 nitrogen and oxygen atoms in total. The highest BCUT2D eigenvalue weighted by atomic mass is 16.5. The van der Waals surface area contributed by atoms with E-state index in [0.717, 1.165) is 49.6 Å². The highest BCUT2D eigenvalue weighted by Gasteiger charge is 2.47. The van der Waals surface area contributed by atoms with Crippen LogP contribution in [0, 0.1) is 0 Å². The van der Waals surface area contributed by atoms with Crippen molar-refractivity contribution in [2.45, 2.75) is 12.5 Å². The lowest BCUT2D eigenvalue weighted by Gasteiger charge is -2.34. The van der Waals surface area contributed by atoms with Crippen LogP contribution < -0.4 is 14.5 Å². The second-order valence-electron chi connectivity index (χ2n) is 9.68. The van der Waals surface area contributed by atoms with Gasteiger partial charge in [-0.1, -0.05) is 6.07 Å². The molecule has 3 aliphatic rings. The SMILES string of the molecule is CN1CCN(c2ccc(N3C(=O)C(=O)/C(=C(\O)c4ccc5c(c4)CCO5)C3c3cccnc3)cc2)CC1. The highest BCUT2D eigenvalue weighted by molar-refractivity contribution is 6.51. The van der Waals surface area contributed by atoms with E-state index in [0.29, 0.717) is 23.4 Å². The zero-order valence-corrected chi connectivity index (χ0v) is 20.6. The van der Waals surface area contributed by atoms with E-state index in [-0.39, 0.29) is 11.3 Å². The van der Waals surface area contributed by atoms with Gasteiger partial charge in [-0.3, -0.25) is 19.5 Å². The van der Waals surface area contributed by atoms with Gasteiger partial charge in [0.2, 0.25) is 0 Å². The normalized spacial score (nSPS) is 21.3. The summed E-state index contributed by atoms with van der Waals surface area (Å²) in [6.07, 6.45) is 4.00. The Morgan fingerprint density at radius 1 is 1.00 bits per heavy atom. The number of pyridine rings is 1. The molecule has 188 valence electrons. The number of nitrogens with zero attached hydrogens (tertiary/aromatic N) is 4. The number of anilines is 2. The number of aliphatic hydroxyl groups is 1. The Hall–Kier alpha value is -4.17. The number of amides is 1. The molecule has 0 spiro atoms. The van der Waals surface area contributed by atoms with Crippen LogP contribution in [0.25, 0.3) is 5.76 Å². The number of carbonyl (C=O) groups excluding carboxylic acids is 2. The average Bonchev–Trinajstić information content (AvgIpc) is 3.51. The molecule has 1 N–H and O–H groups in total. The Morgan fingerprint density at radius 3 is 2.49 bits per heavy atom. The van der Waals surface area contributed by atoms with Crippen molar-refractivity contribution in [3.8, 4) is 5.75 Å². The molecular weight excluding hydrogens is 468 g/mol. The molecule has 1 unspecified atom stereocenters. The van der Waals surface area contributed by atoms with Crippen molar-refractivity contribution < 1.29 is 19.4 Å². The number of carbonyl (C=O) groups is 2. The minimum absolute atomic E-state index is 0.0556. The van der Waals surface area contributed by atoms with Gasteiger partial charge >= 0.3 is 0 Å². The quantitative estimate of drug-likeness (QED) is 0.337. The van der Waals surface area contributed by atoms with Crippen molar-refractivity contribution in [1.29, 1.82) is 0 Å². The number of likely N-dealkylation sites (N-methyl/N-ethyl adjacent to an activating group) is 1. The fourth-order valence-corrected chi connectivity index (χ4v) is 5.33. The number of benzene rings is 2. The van der Waals surface area contributed by atoms with E-state index in [1.54, 1.807) is 30.6 Å². The van der Waals surface area contributed by atoms with Gasteiger partial charge in [0.1, 0.15) is 11.5 Å². The van der Waals surface area contributed by atoms with Gasteiger partial charge in [0.05, 0.1) is 18.2 Å². The van der Waals surface area contributed by atoms with Crippen molar-refractivity contribution in [3.05, 3.63) is 89.3 Å². The average molecular weight is 497 g/mol. The van der Waals surface area contributed by atoms with Gasteiger partial charge in [-0.25, -0.2) is 0 Å². The first-order valence-electron chi connectivity index (χ1n) is 12.5. The molecule has 3 aliphatic heterocycles. The monoisotopic (exact) mass is 496 g/mol. The first-order chi connectivity index (χ1) is 18.0. The predicted octanol–water partition coefficient (Wildman–Crippen LogP) is 3.39. The van der Waals surface area contributed by atoms with Crippen LogP contribution in [0.2, 0.25) is 0 Å². The number of ketones is 1. The minimum Gasteiger partial charge on any atom is -0.507 e. The largest absolute Gasteiger partial charge is 0.507 e. The number of piperazine rings is 1. The molecule has 1 atom stereocenters. The summed E-state index contributed by atoms with van der Waals surface area (Å²) in [6, 6.07) is 15.8. The molecule has 2 aromatic carbocycles. The van der Waals surface area contributed by atoms with Crippen molar-refractivity contribution in [2.24, 2.45) is 0 Å². The van der Waals surface area contributed by atoms with Gasteiger partial charge in [0, 0.05) is 61.9 Å². The first kappa shape index (κ1) is 23.2. The van der Waals surface area contributed by atoms with E-state index in [1.807, 2.05) is 36.4 Å². The summed E-state index contributed by atoms with van der Waals surface area (Å²) in [4.78, 5) is 37.1. The Labute approximate surface area is 215 Å². The molecule has 6 rings (SSSR count). The van der Waals surface area contributed by atoms with Gasteiger partial charge in [0.25, 0.3) is 11.7 Å². The van der Waals surface area contributed by atoms with Crippen LogP contribution >= 0.6 is 0 Å². The van der Waals surface area contributed by atoms with Gasteiger partial charge < -0.3 is 19.6 Å². The number of fused-ring (bicyclic) bond motifs is 1. The molecule has 2 saturated heterocycles. The van der Waals surface area contributed by atoms with Crippen molar-refractivity contribution in [3.63, 3.8) is 0 Å². The lowest BCUT2D eigenvalue weighted by atomic mass is 9.95. The molecule has 37 heavy (non-hydrogen) atoms. The van der Waals surface area contributed by atoms with E-state index in [4.69, 9.17) is 4.74 Å². The third-order valence-electron chi connectivity index (χ3n) is 7.40. The number of aliphatic hydroxyl groups excluding tert-OH is 1. The van der Waals surface area contributed by atoms with Crippen LogP contribution in [-0.4, -0.2) is 66.5 Å². The highest BCUT2D eigenvalue weighted by Crippen LogP contribution is 2.42. The summed E-state index contributed by atoms with van der Waals surface area (Å²) >= 11 is 0. The molecule has 1 aromatic heterocycles. The maximum absolute atomic E-state index is 13.4. The Kier molecular flexibility index (Phi) is 5.88. The Bertz CT molecular complexity index is 1380. The van der Waals surface area contributed by atoms with Crippen LogP contribution in [0.4, 0.5) is 11.4 Å². The second-order valence-corrected chi connectivity index (χ2v) is 9.68. The zero-order valence-electron chi connectivity index (χ0n) is 20.6. The zero-order chi connectivity index (χ0) is 25.5. The number of hydrogen-bond acceptors (Lipinski definition) is 7. The lowest BCUT2D eigenvalue weighted by Crippen LogP contribution is -2.44. The number of aromatic nitrogens is 1. The summed E-state index contributed by atoms with van der Waals surface area (Å²) in [5.74, 6) is -0.807. The topological polar surface area (TPSA) is 86.2 Å². The smallest absolute Gasteiger partial charge is 0.300 e. The van der Waals surface area contributed by atoms with E-state index in [2.05, 4.69) is 21.8 Å². The van der Waals surface area contributed by atoms with Gasteiger partial charge in [0.15, 0.2) is 0 Å². The van der Waals surface area contributed by atoms with E-state index in [1.165, 1.54) is 4.90 Å². The fraction of sp³-hybridized carbons (Fsp3) is 0.276. The molecule has 8 heteroatoms. The molecule has 4 heterocycles. The summed E-state index contributed by atoms with van der Waals surface area (Å²) in [6.45, 7) is 4.44. The molecule has 0 radical (unpaired) electrons. The van der Waals surface area contributed by atoms with E-state index >= 15 is 0 Å². The second kappa shape index (κ2) is 9.37. The van der Waals surface area contributed by atoms with Crippen LogP contribution in [0.1, 0.15) is 22.7 Å². The molecule has 1 amide bonds. The number of hydrogen-bond donors (Lipinski definition) is 1. The van der Waals surface area contributed by atoms with Crippen molar-refractivity contribution in [2.75, 3.05) is 49.6 Å². The third-order valence-corrected chi connectivity index (χ3v) is 7.40. The molecule has 3 aromatic rings. The van der Waals surface area contributed by atoms with E-state index < -0.39 is 17.7 Å². The summed E-state index contributed by atoms with van der Waals surface area (Å²) in [5, 5.41) is 11.4. The van der Waals surface area contributed by atoms with Crippen molar-refractivity contribution in [1.82, 2.24) is 9.88 Å². The number of rotatable bonds is 4. The predicted molar refractivity (Wildman–Crippen MR) is 141 cm³/mol. The molecular formula is C29H28N4O4. The minimum atomic E-state index is -0.798. The van der Waals surface area contributed by atoms with Gasteiger partial charge in [-0.15, -0.1) is 0 Å². The first-order valence-corrected chi connectivity index (χ1v) is 12.5. The number of ether oxygens (including phenoxy) is 1. The third kappa shape index (κ3) is 4.13. The summed E-state index contributed by atoms with van der Waals surface area (Å²) in [7, 11) is 2.12. The standard InChI is InChI=1S/C29H28N4O4/c1-31-12-14-32(15-13-31)22-5-7-23(8-6-22)33-26(21-3-2-11-30-18-21)25(28(35)29(33)36)27(34)20-4-9-24-19(17-20)10-16-37-24/h2-9,11,17-18,26,34H,10,12-16H2,1H3/b27-25-.